The molecule has 1 saturated carbocycles. The molecule has 6 nitrogen and oxygen atoms in total. The summed E-state index contributed by atoms with van der Waals surface area (Å²) < 4.78 is 27.1. The van der Waals surface area contributed by atoms with E-state index in [1.165, 1.54) is 0 Å². The van der Waals surface area contributed by atoms with Crippen molar-refractivity contribution < 1.29 is 23.8 Å². The van der Waals surface area contributed by atoms with Crippen molar-refractivity contribution in [2.24, 2.45) is 11.8 Å². The first-order valence-electron chi connectivity index (χ1n) is 13.6. The van der Waals surface area contributed by atoms with E-state index in [9.17, 15) is 23.8 Å². The number of aliphatic hydroxyl groups excluding tert-OH is 1. The Morgan fingerprint density at radius 1 is 1.25 bits per heavy atom. The molecule has 0 radical (unpaired) electrons. The van der Waals surface area contributed by atoms with Crippen LogP contribution in [0.25, 0.3) is 0 Å². The van der Waals surface area contributed by atoms with Crippen molar-refractivity contribution in [1.29, 1.82) is 0 Å². The number of benzene rings is 1. The number of nitrogens with zero attached hydrogens (tertiary/aromatic N) is 1. The van der Waals surface area contributed by atoms with Crippen LogP contribution in [-0.4, -0.2) is 66.4 Å². The van der Waals surface area contributed by atoms with Crippen molar-refractivity contribution in [2.45, 2.75) is 88.7 Å². The van der Waals surface area contributed by atoms with Gasteiger partial charge in [-0.1, -0.05) is 29.8 Å². The number of hydrogen-bond donors (Lipinski definition) is 4. The summed E-state index contributed by atoms with van der Waals surface area (Å²) >= 11 is 0. The van der Waals surface area contributed by atoms with Crippen molar-refractivity contribution in [3.05, 3.63) is 35.4 Å². The average Bonchev–Trinajstić information content (AvgIpc) is 2.85. The fraction of sp³-hybridized carbons (Fsp3) is 0.750. The first kappa shape index (κ1) is 28.8. The number of urea groups is 1. The number of carbonyl (C=O) groups is 1. The van der Waals surface area contributed by atoms with Crippen molar-refractivity contribution in [3.8, 4) is 0 Å². The summed E-state index contributed by atoms with van der Waals surface area (Å²) in [6.45, 7) is 3.77. The Bertz CT molecular complexity index is 830. The van der Waals surface area contributed by atoms with E-state index >= 15 is 0 Å². The zero-order valence-electron chi connectivity index (χ0n) is 21.9. The van der Waals surface area contributed by atoms with E-state index in [4.69, 9.17) is 0 Å². The number of carbonyl (C=O) groups excluding carboxylic acids is 1. The van der Waals surface area contributed by atoms with Crippen LogP contribution >= 0.6 is 0 Å². The number of amides is 2. The number of unbranched alkanes of at least 4 members (excludes halogenated alkanes) is 1. The number of halogens is 2. The highest BCUT2D eigenvalue weighted by Crippen LogP contribution is 2.40. The van der Waals surface area contributed by atoms with Gasteiger partial charge < -0.3 is 25.7 Å². The number of piperidine rings is 1. The maximum absolute atomic E-state index is 13.6. The second-order valence-electron chi connectivity index (χ2n) is 11.0. The number of aryl methyl sites for hydroxylation is 1. The highest BCUT2D eigenvalue weighted by molar-refractivity contribution is 5.74. The maximum Gasteiger partial charge on any atom is 0.317 e. The van der Waals surface area contributed by atoms with Crippen molar-refractivity contribution in [2.75, 3.05) is 33.3 Å². The molecule has 1 aromatic carbocycles. The van der Waals surface area contributed by atoms with Crippen molar-refractivity contribution in [3.63, 3.8) is 0 Å². The number of likely N-dealkylation sites (tertiary alicyclic amines) is 1. The lowest BCUT2D eigenvalue weighted by molar-refractivity contribution is -0.0564. The van der Waals surface area contributed by atoms with Gasteiger partial charge in [0.15, 0.2) is 0 Å². The third-order valence-electron chi connectivity index (χ3n) is 8.10. The number of likely N-dealkylation sites (N-methyl/N-ethyl adjacent to an activating group) is 1. The minimum atomic E-state index is -2.55. The van der Waals surface area contributed by atoms with Crippen LogP contribution in [0.5, 0.6) is 0 Å². The highest BCUT2D eigenvalue weighted by atomic mass is 19.3. The second-order valence-corrected chi connectivity index (χ2v) is 11.0. The average molecular weight is 510 g/mol. The van der Waals surface area contributed by atoms with E-state index in [-0.39, 0.29) is 43.4 Å². The van der Waals surface area contributed by atoms with Gasteiger partial charge in [0.1, 0.15) is 0 Å². The molecule has 3 atom stereocenters. The van der Waals surface area contributed by atoms with Gasteiger partial charge in [-0.15, -0.1) is 0 Å². The molecule has 0 bridgehead atoms. The Kier molecular flexibility index (Phi) is 10.5. The van der Waals surface area contributed by atoms with Crippen LogP contribution in [0.15, 0.2) is 24.3 Å². The van der Waals surface area contributed by atoms with Crippen LogP contribution in [0, 0.1) is 18.8 Å². The Hall–Kier alpha value is -1.77. The van der Waals surface area contributed by atoms with Gasteiger partial charge in [-0.25, -0.2) is 13.6 Å². The molecule has 204 valence electrons. The van der Waals surface area contributed by atoms with Gasteiger partial charge in [0, 0.05) is 51.0 Å². The van der Waals surface area contributed by atoms with Crippen LogP contribution < -0.4 is 10.6 Å². The molecule has 0 unspecified atom stereocenters. The lowest BCUT2D eigenvalue weighted by Gasteiger charge is -2.43. The molecular formula is C28H45F2N3O3. The minimum absolute atomic E-state index is 0.0699. The molecule has 1 aliphatic heterocycles. The van der Waals surface area contributed by atoms with Gasteiger partial charge in [0.05, 0.1) is 5.60 Å². The first-order valence-corrected chi connectivity index (χ1v) is 13.6. The number of alkyl halides is 2. The van der Waals surface area contributed by atoms with Gasteiger partial charge >= 0.3 is 6.03 Å². The summed E-state index contributed by atoms with van der Waals surface area (Å²) in [4.78, 5) is 15.1. The minimum Gasteiger partial charge on any atom is -0.396 e. The van der Waals surface area contributed by atoms with Gasteiger partial charge in [0.25, 0.3) is 0 Å². The SMILES string of the molecule is CNC[C@H](CC1CCC(F)(F)CC1)NC(=O)N1CCC[C@@H]([C@@](O)(CCCCO)c2cccc(C)c2)C1. The molecule has 0 aromatic heterocycles. The fourth-order valence-electron chi connectivity index (χ4n) is 6.00. The van der Waals surface area contributed by atoms with Crippen molar-refractivity contribution >= 4 is 6.03 Å². The third kappa shape index (κ3) is 7.86. The monoisotopic (exact) mass is 509 g/mol. The molecule has 3 rings (SSSR count). The van der Waals surface area contributed by atoms with E-state index in [1.54, 1.807) is 4.90 Å². The largest absolute Gasteiger partial charge is 0.396 e. The molecule has 2 amide bonds. The molecule has 1 saturated heterocycles. The van der Waals surface area contributed by atoms with Crippen LogP contribution in [0.3, 0.4) is 0 Å². The van der Waals surface area contributed by atoms with Crippen LogP contribution in [0.2, 0.25) is 0 Å². The van der Waals surface area contributed by atoms with E-state index in [0.717, 1.165) is 24.0 Å². The summed E-state index contributed by atoms with van der Waals surface area (Å²) in [6, 6.07) is 7.67. The number of hydrogen-bond acceptors (Lipinski definition) is 4. The smallest absolute Gasteiger partial charge is 0.317 e. The second kappa shape index (κ2) is 13.2. The Balaban J connectivity index is 1.66. The standard InChI is InChI=1S/C28H45F2N3O3/c1-21-7-5-8-23(17-21)28(36,12-3-4-16-34)24-9-6-15-33(20-24)26(35)32-25(19-31-2)18-22-10-13-27(29,30)14-11-22/h5,7-8,17,22,24-25,31,34,36H,3-4,6,9-16,18-20H2,1-2H3,(H,32,35)/t24-,25+,28-/m1/s1. The molecule has 1 aliphatic carbocycles. The quantitative estimate of drug-likeness (QED) is 0.329. The zero-order valence-corrected chi connectivity index (χ0v) is 21.9. The Morgan fingerprint density at radius 2 is 2.00 bits per heavy atom. The topological polar surface area (TPSA) is 84.8 Å². The maximum atomic E-state index is 13.6. The van der Waals surface area contributed by atoms with Crippen molar-refractivity contribution in [1.82, 2.24) is 15.5 Å². The van der Waals surface area contributed by atoms with E-state index in [2.05, 4.69) is 10.6 Å². The normalized spacial score (nSPS) is 23.2. The third-order valence-corrected chi connectivity index (χ3v) is 8.10. The highest BCUT2D eigenvalue weighted by Gasteiger charge is 2.41. The van der Waals surface area contributed by atoms with Gasteiger partial charge in [0.2, 0.25) is 5.92 Å². The molecule has 1 aromatic rings. The fourth-order valence-corrected chi connectivity index (χ4v) is 6.00. The number of aliphatic hydroxyl groups is 2. The lowest BCUT2D eigenvalue weighted by atomic mass is 9.74. The predicted molar refractivity (Wildman–Crippen MR) is 138 cm³/mol. The van der Waals surface area contributed by atoms with E-state index in [1.807, 2.05) is 38.2 Å². The van der Waals surface area contributed by atoms with E-state index < -0.39 is 11.5 Å². The predicted octanol–water partition coefficient (Wildman–Crippen LogP) is 4.57. The molecular weight excluding hydrogens is 464 g/mol. The van der Waals surface area contributed by atoms with Gasteiger partial charge in [-0.05, 0) is 76.8 Å². The molecule has 1 heterocycles. The molecule has 36 heavy (non-hydrogen) atoms. The molecule has 2 fully saturated rings. The summed E-state index contributed by atoms with van der Waals surface area (Å²) in [6.07, 6.45) is 5.03. The lowest BCUT2D eigenvalue weighted by Crippen LogP contribution is -2.54. The van der Waals surface area contributed by atoms with Crippen LogP contribution in [0.4, 0.5) is 13.6 Å². The van der Waals surface area contributed by atoms with E-state index in [0.29, 0.717) is 58.2 Å². The summed E-state index contributed by atoms with van der Waals surface area (Å²) in [7, 11) is 1.83. The zero-order chi connectivity index (χ0) is 26.2. The van der Waals surface area contributed by atoms with Gasteiger partial charge in [-0.2, -0.15) is 0 Å². The molecule has 8 heteroatoms. The Morgan fingerprint density at radius 3 is 2.67 bits per heavy atom. The van der Waals surface area contributed by atoms with Gasteiger partial charge in [-0.3, -0.25) is 0 Å². The Labute approximate surface area is 214 Å². The summed E-state index contributed by atoms with van der Waals surface area (Å²) in [5.41, 5.74) is 0.876. The van der Waals surface area contributed by atoms with Crippen LogP contribution in [-0.2, 0) is 5.60 Å². The first-order chi connectivity index (χ1) is 17.2. The molecule has 0 spiro atoms. The molecule has 4 N–H and O–H groups in total. The number of nitrogens with one attached hydrogen (secondary N) is 2. The number of rotatable bonds is 11. The summed E-state index contributed by atoms with van der Waals surface area (Å²) in [5.74, 6) is -2.47. The molecule has 2 aliphatic rings. The summed E-state index contributed by atoms with van der Waals surface area (Å²) in [5, 5.41) is 27.5. The van der Waals surface area contributed by atoms with Crippen LogP contribution in [0.1, 0.15) is 75.3 Å².